The summed E-state index contributed by atoms with van der Waals surface area (Å²) >= 11 is 0. The van der Waals surface area contributed by atoms with E-state index >= 15 is 0 Å². The van der Waals surface area contributed by atoms with Gasteiger partial charge in [0.25, 0.3) is 5.56 Å². The SMILES string of the molecule is CCc1ccc2[nH]c(=O)c([C@@H](c3nnnn3C(C)(C)C)N3CCCCC3)cc2c1. The standard InChI is InChI=1S/C22H30N6O/c1-5-15-9-10-18-16(13-15)14-17(21(29)23-18)19(27-11-7-6-8-12-27)20-24-25-26-28(20)22(2,3)4/h9-10,13-14,19H,5-8,11-12H2,1-4H3,(H,23,29)/t19-/m0/s1. The predicted molar refractivity (Wildman–Crippen MR) is 114 cm³/mol. The zero-order chi connectivity index (χ0) is 20.6. The molecule has 154 valence electrons. The lowest BCUT2D eigenvalue weighted by atomic mass is 9.98. The van der Waals surface area contributed by atoms with Gasteiger partial charge in [-0.3, -0.25) is 9.69 Å². The van der Waals surface area contributed by atoms with Gasteiger partial charge in [-0.05, 0) is 92.7 Å². The number of fused-ring (bicyclic) bond motifs is 1. The van der Waals surface area contributed by atoms with Gasteiger partial charge in [-0.25, -0.2) is 4.68 Å². The minimum Gasteiger partial charge on any atom is -0.322 e. The highest BCUT2D eigenvalue weighted by Gasteiger charge is 2.33. The molecule has 0 aliphatic carbocycles. The molecule has 0 radical (unpaired) electrons. The lowest BCUT2D eigenvalue weighted by Gasteiger charge is -2.35. The molecule has 1 aliphatic rings. The van der Waals surface area contributed by atoms with Crippen LogP contribution in [0, 0.1) is 0 Å². The average Bonchev–Trinajstić information content (AvgIpc) is 3.19. The minimum absolute atomic E-state index is 0.0687. The second-order valence-corrected chi connectivity index (χ2v) is 8.95. The Hall–Kier alpha value is -2.54. The van der Waals surface area contributed by atoms with Crippen LogP contribution in [0.2, 0.25) is 0 Å². The number of tetrazole rings is 1. The second kappa shape index (κ2) is 7.71. The molecule has 1 saturated heterocycles. The molecular formula is C22H30N6O. The van der Waals surface area contributed by atoms with Gasteiger partial charge in [0.05, 0.1) is 5.54 Å². The van der Waals surface area contributed by atoms with E-state index in [1.165, 1.54) is 12.0 Å². The predicted octanol–water partition coefficient (Wildman–Crippen LogP) is 3.41. The fourth-order valence-electron chi connectivity index (χ4n) is 4.21. The first-order valence-corrected chi connectivity index (χ1v) is 10.6. The van der Waals surface area contributed by atoms with Crippen molar-refractivity contribution in [1.82, 2.24) is 30.1 Å². The van der Waals surface area contributed by atoms with Gasteiger partial charge >= 0.3 is 0 Å². The maximum Gasteiger partial charge on any atom is 0.253 e. The van der Waals surface area contributed by atoms with Gasteiger partial charge in [-0.1, -0.05) is 19.4 Å². The molecule has 1 fully saturated rings. The second-order valence-electron chi connectivity index (χ2n) is 8.95. The Morgan fingerprint density at radius 2 is 1.90 bits per heavy atom. The highest BCUT2D eigenvalue weighted by Crippen LogP contribution is 2.31. The number of pyridine rings is 1. The van der Waals surface area contributed by atoms with Crippen molar-refractivity contribution in [3.05, 3.63) is 51.6 Å². The summed E-state index contributed by atoms with van der Waals surface area (Å²) in [6.07, 6.45) is 4.43. The third kappa shape index (κ3) is 3.83. The molecule has 0 spiro atoms. The topological polar surface area (TPSA) is 79.7 Å². The maximum atomic E-state index is 13.2. The third-order valence-corrected chi connectivity index (χ3v) is 5.77. The smallest absolute Gasteiger partial charge is 0.253 e. The summed E-state index contributed by atoms with van der Waals surface area (Å²) < 4.78 is 1.86. The van der Waals surface area contributed by atoms with Crippen LogP contribution in [0.25, 0.3) is 10.9 Å². The first-order valence-electron chi connectivity index (χ1n) is 10.6. The number of benzene rings is 1. The Bertz CT molecular complexity index is 1060. The number of nitrogens with zero attached hydrogens (tertiary/aromatic N) is 5. The summed E-state index contributed by atoms with van der Waals surface area (Å²) in [6.45, 7) is 10.3. The van der Waals surface area contributed by atoms with E-state index < -0.39 is 0 Å². The molecule has 0 bridgehead atoms. The van der Waals surface area contributed by atoms with Gasteiger partial charge in [0.15, 0.2) is 5.82 Å². The molecule has 29 heavy (non-hydrogen) atoms. The van der Waals surface area contributed by atoms with Crippen molar-refractivity contribution >= 4 is 10.9 Å². The number of rotatable bonds is 4. The summed E-state index contributed by atoms with van der Waals surface area (Å²) in [5.41, 5.74) is 2.49. The Morgan fingerprint density at radius 1 is 1.14 bits per heavy atom. The van der Waals surface area contributed by atoms with E-state index in [1.807, 2.05) is 16.8 Å². The largest absolute Gasteiger partial charge is 0.322 e. The number of piperidine rings is 1. The van der Waals surface area contributed by atoms with Crippen LogP contribution in [0.1, 0.15) is 70.0 Å². The van der Waals surface area contributed by atoms with Crippen molar-refractivity contribution in [2.45, 2.75) is 65.0 Å². The molecule has 1 N–H and O–H groups in total. The number of nitrogens with one attached hydrogen (secondary N) is 1. The van der Waals surface area contributed by atoms with Gasteiger partial charge in [0, 0.05) is 11.1 Å². The molecule has 3 aromatic rings. The van der Waals surface area contributed by atoms with Crippen LogP contribution < -0.4 is 5.56 Å². The summed E-state index contributed by atoms with van der Waals surface area (Å²) in [4.78, 5) is 18.6. The maximum absolute atomic E-state index is 13.2. The van der Waals surface area contributed by atoms with Crippen LogP contribution in [0.4, 0.5) is 0 Å². The fraction of sp³-hybridized carbons (Fsp3) is 0.545. The van der Waals surface area contributed by atoms with E-state index in [0.29, 0.717) is 5.56 Å². The van der Waals surface area contributed by atoms with E-state index in [2.05, 4.69) is 65.2 Å². The molecule has 1 aromatic carbocycles. The van der Waals surface area contributed by atoms with Crippen LogP contribution in [0.15, 0.2) is 29.1 Å². The van der Waals surface area contributed by atoms with E-state index in [4.69, 9.17) is 0 Å². The Kier molecular flexibility index (Phi) is 5.25. The number of likely N-dealkylation sites (tertiary alicyclic amines) is 1. The summed E-state index contributed by atoms with van der Waals surface area (Å²) in [6, 6.07) is 8.00. The van der Waals surface area contributed by atoms with Crippen molar-refractivity contribution in [2.75, 3.05) is 13.1 Å². The van der Waals surface area contributed by atoms with Crippen molar-refractivity contribution in [1.29, 1.82) is 0 Å². The number of aromatic nitrogens is 5. The molecule has 0 saturated carbocycles. The summed E-state index contributed by atoms with van der Waals surface area (Å²) in [5.74, 6) is 0.732. The minimum atomic E-state index is -0.272. The zero-order valence-electron chi connectivity index (χ0n) is 17.8. The first-order chi connectivity index (χ1) is 13.9. The quantitative estimate of drug-likeness (QED) is 0.734. The third-order valence-electron chi connectivity index (χ3n) is 5.77. The molecule has 0 unspecified atom stereocenters. The molecule has 2 aromatic heterocycles. The molecular weight excluding hydrogens is 364 g/mol. The Labute approximate surface area is 171 Å². The van der Waals surface area contributed by atoms with Gasteiger partial charge in [-0.15, -0.1) is 5.10 Å². The Balaban J connectivity index is 1.91. The van der Waals surface area contributed by atoms with E-state index in [1.54, 1.807) is 0 Å². The molecule has 3 heterocycles. The van der Waals surface area contributed by atoms with E-state index in [0.717, 1.165) is 49.1 Å². The number of aryl methyl sites for hydroxylation is 1. The van der Waals surface area contributed by atoms with Crippen molar-refractivity contribution in [3.63, 3.8) is 0 Å². The molecule has 7 nitrogen and oxygen atoms in total. The fourth-order valence-corrected chi connectivity index (χ4v) is 4.21. The molecule has 4 rings (SSSR count). The normalized spacial score (nSPS) is 17.0. The van der Waals surface area contributed by atoms with Gasteiger partial charge in [0.1, 0.15) is 6.04 Å². The molecule has 0 amide bonds. The average molecular weight is 395 g/mol. The van der Waals surface area contributed by atoms with Crippen LogP contribution in [0.3, 0.4) is 0 Å². The number of hydrogen-bond acceptors (Lipinski definition) is 5. The van der Waals surface area contributed by atoms with Crippen LogP contribution in [-0.4, -0.2) is 43.2 Å². The summed E-state index contributed by atoms with van der Waals surface area (Å²) in [7, 11) is 0. The molecule has 7 heteroatoms. The highest BCUT2D eigenvalue weighted by atomic mass is 16.1. The lowest BCUT2D eigenvalue weighted by Crippen LogP contribution is -2.40. The molecule has 1 aliphatic heterocycles. The van der Waals surface area contributed by atoms with Gasteiger partial charge < -0.3 is 4.98 Å². The van der Waals surface area contributed by atoms with Crippen LogP contribution in [-0.2, 0) is 12.0 Å². The monoisotopic (exact) mass is 394 g/mol. The van der Waals surface area contributed by atoms with Crippen molar-refractivity contribution < 1.29 is 0 Å². The Morgan fingerprint density at radius 3 is 2.59 bits per heavy atom. The van der Waals surface area contributed by atoms with Crippen molar-refractivity contribution in [2.24, 2.45) is 0 Å². The number of hydrogen-bond donors (Lipinski definition) is 1. The van der Waals surface area contributed by atoms with Crippen LogP contribution in [0.5, 0.6) is 0 Å². The molecule has 1 atom stereocenters. The highest BCUT2D eigenvalue weighted by molar-refractivity contribution is 5.80. The van der Waals surface area contributed by atoms with Gasteiger partial charge in [-0.2, -0.15) is 0 Å². The first kappa shape index (κ1) is 19.8. The zero-order valence-corrected chi connectivity index (χ0v) is 17.8. The lowest BCUT2D eigenvalue weighted by molar-refractivity contribution is 0.170. The van der Waals surface area contributed by atoms with Gasteiger partial charge in [0.2, 0.25) is 0 Å². The number of H-pyrrole nitrogens is 1. The van der Waals surface area contributed by atoms with Crippen molar-refractivity contribution in [3.8, 4) is 0 Å². The van der Waals surface area contributed by atoms with Crippen LogP contribution >= 0.6 is 0 Å². The van der Waals surface area contributed by atoms with E-state index in [-0.39, 0.29) is 17.1 Å². The summed E-state index contributed by atoms with van der Waals surface area (Å²) in [5, 5.41) is 13.7. The van der Waals surface area contributed by atoms with E-state index in [9.17, 15) is 4.79 Å². The number of aromatic amines is 1.